The van der Waals surface area contributed by atoms with Gasteiger partial charge in [-0.15, -0.1) is 0 Å². The van der Waals surface area contributed by atoms with E-state index >= 15 is 0 Å². The lowest BCUT2D eigenvalue weighted by Gasteiger charge is -2.31. The number of hydrogen-bond donors (Lipinski definition) is 1. The summed E-state index contributed by atoms with van der Waals surface area (Å²) in [6.07, 6.45) is 4.11. The normalized spacial score (nSPS) is 23.1. The van der Waals surface area contributed by atoms with E-state index in [0.29, 0.717) is 5.02 Å². The van der Waals surface area contributed by atoms with Gasteiger partial charge in [0.25, 0.3) is 0 Å². The average Bonchev–Trinajstić information content (AvgIpc) is 2.39. The van der Waals surface area contributed by atoms with Crippen LogP contribution in [-0.4, -0.2) is 24.1 Å². The molecule has 0 amide bonds. The van der Waals surface area contributed by atoms with E-state index < -0.39 is 4.92 Å². The third-order valence-electron chi connectivity index (χ3n) is 3.47. The number of likely N-dealkylation sites (N-methyl/N-ethyl adjacent to an activating group) is 1. The minimum atomic E-state index is -0.442. The summed E-state index contributed by atoms with van der Waals surface area (Å²) in [6.45, 7) is 0. The van der Waals surface area contributed by atoms with Crippen molar-refractivity contribution in [1.29, 1.82) is 0 Å². The van der Waals surface area contributed by atoms with Gasteiger partial charge in [-0.3, -0.25) is 10.1 Å². The molecule has 19 heavy (non-hydrogen) atoms. The van der Waals surface area contributed by atoms with Crippen LogP contribution in [-0.2, 0) is 0 Å². The molecule has 0 aliphatic heterocycles. The minimum Gasteiger partial charge on any atom is -0.482 e. The average molecular weight is 285 g/mol. The molecule has 104 valence electrons. The summed E-state index contributed by atoms with van der Waals surface area (Å²) < 4.78 is 5.84. The number of ether oxygens (including phenoxy) is 1. The van der Waals surface area contributed by atoms with E-state index in [4.69, 9.17) is 16.3 Å². The van der Waals surface area contributed by atoms with Gasteiger partial charge in [-0.05, 0) is 32.4 Å². The first-order chi connectivity index (χ1) is 9.11. The molecular formula is C13H17ClN2O3. The van der Waals surface area contributed by atoms with Gasteiger partial charge < -0.3 is 10.1 Å². The van der Waals surface area contributed by atoms with Gasteiger partial charge in [0.1, 0.15) is 6.10 Å². The molecule has 6 heteroatoms. The van der Waals surface area contributed by atoms with Gasteiger partial charge in [-0.2, -0.15) is 0 Å². The largest absolute Gasteiger partial charge is 0.482 e. The summed E-state index contributed by atoms with van der Waals surface area (Å²) in [4.78, 5) is 10.6. The van der Waals surface area contributed by atoms with Crippen LogP contribution in [0.2, 0.25) is 5.02 Å². The molecule has 0 aromatic heterocycles. The Kier molecular flexibility index (Phi) is 4.61. The van der Waals surface area contributed by atoms with Gasteiger partial charge in [0.05, 0.1) is 4.92 Å². The third-order valence-corrected chi connectivity index (χ3v) is 3.71. The highest BCUT2D eigenvalue weighted by Crippen LogP contribution is 2.33. The Morgan fingerprint density at radius 2 is 2.16 bits per heavy atom. The van der Waals surface area contributed by atoms with Crippen LogP contribution in [0.3, 0.4) is 0 Å². The maximum Gasteiger partial charge on any atom is 0.311 e. The van der Waals surface area contributed by atoms with E-state index in [9.17, 15) is 10.1 Å². The third kappa shape index (κ3) is 3.36. The van der Waals surface area contributed by atoms with E-state index in [1.807, 2.05) is 7.05 Å². The quantitative estimate of drug-likeness (QED) is 0.681. The van der Waals surface area contributed by atoms with Gasteiger partial charge in [0.15, 0.2) is 5.75 Å². The molecule has 1 aliphatic carbocycles. The number of rotatable bonds is 4. The Morgan fingerprint density at radius 1 is 1.42 bits per heavy atom. The molecule has 5 nitrogen and oxygen atoms in total. The maximum absolute atomic E-state index is 11.0. The van der Waals surface area contributed by atoms with E-state index in [1.165, 1.54) is 18.2 Å². The second-order valence-corrected chi connectivity index (χ2v) is 5.14. The van der Waals surface area contributed by atoms with Crippen molar-refractivity contribution in [3.05, 3.63) is 33.3 Å². The zero-order valence-corrected chi connectivity index (χ0v) is 11.5. The first-order valence-corrected chi connectivity index (χ1v) is 6.77. The molecule has 1 aromatic carbocycles. The van der Waals surface area contributed by atoms with Crippen LogP contribution in [0.4, 0.5) is 5.69 Å². The lowest BCUT2D eigenvalue weighted by Crippen LogP contribution is -2.43. The van der Waals surface area contributed by atoms with E-state index in [0.717, 1.165) is 25.7 Å². The van der Waals surface area contributed by atoms with Gasteiger partial charge >= 0.3 is 5.69 Å². The zero-order chi connectivity index (χ0) is 13.8. The number of benzene rings is 1. The first kappa shape index (κ1) is 14.1. The summed E-state index contributed by atoms with van der Waals surface area (Å²) in [5.74, 6) is 0.254. The van der Waals surface area contributed by atoms with Gasteiger partial charge in [0, 0.05) is 23.2 Å². The number of nitro groups is 1. The van der Waals surface area contributed by atoms with Crippen LogP contribution in [0.5, 0.6) is 5.75 Å². The minimum absolute atomic E-state index is 0.0372. The van der Waals surface area contributed by atoms with Crippen LogP contribution < -0.4 is 10.1 Å². The van der Waals surface area contributed by atoms with Crippen LogP contribution in [0, 0.1) is 10.1 Å². The molecule has 2 unspecified atom stereocenters. The molecular weight excluding hydrogens is 268 g/mol. The molecule has 1 aliphatic rings. The topological polar surface area (TPSA) is 64.4 Å². The fraction of sp³-hybridized carbons (Fsp3) is 0.538. The van der Waals surface area contributed by atoms with Crippen LogP contribution in [0.25, 0.3) is 0 Å². The van der Waals surface area contributed by atoms with Crippen LogP contribution in [0.15, 0.2) is 18.2 Å². The van der Waals surface area contributed by atoms with Crippen molar-refractivity contribution in [2.75, 3.05) is 7.05 Å². The molecule has 0 radical (unpaired) electrons. The molecule has 2 atom stereocenters. The molecule has 0 spiro atoms. The summed E-state index contributed by atoms with van der Waals surface area (Å²) in [5.41, 5.74) is -0.0372. The van der Waals surface area contributed by atoms with Gasteiger partial charge in [-0.25, -0.2) is 0 Å². The van der Waals surface area contributed by atoms with Crippen molar-refractivity contribution in [3.63, 3.8) is 0 Å². The first-order valence-electron chi connectivity index (χ1n) is 6.39. The Bertz CT molecular complexity index is 467. The summed E-state index contributed by atoms with van der Waals surface area (Å²) >= 11 is 5.89. The summed E-state index contributed by atoms with van der Waals surface area (Å²) in [5, 5.41) is 14.6. The van der Waals surface area contributed by atoms with Crippen molar-refractivity contribution >= 4 is 17.3 Å². The van der Waals surface area contributed by atoms with Crippen molar-refractivity contribution < 1.29 is 9.66 Å². The van der Waals surface area contributed by atoms with Crippen molar-refractivity contribution in [2.45, 2.75) is 37.8 Å². The smallest absolute Gasteiger partial charge is 0.311 e. The van der Waals surface area contributed by atoms with Crippen LogP contribution >= 0.6 is 11.6 Å². The Morgan fingerprint density at radius 3 is 2.84 bits per heavy atom. The molecule has 1 aromatic rings. The highest BCUT2D eigenvalue weighted by Gasteiger charge is 2.28. The fourth-order valence-corrected chi connectivity index (χ4v) is 2.63. The monoisotopic (exact) mass is 284 g/mol. The van der Waals surface area contributed by atoms with E-state index in [-0.39, 0.29) is 23.6 Å². The lowest BCUT2D eigenvalue weighted by atomic mass is 9.92. The zero-order valence-electron chi connectivity index (χ0n) is 10.8. The van der Waals surface area contributed by atoms with E-state index in [2.05, 4.69) is 5.32 Å². The summed E-state index contributed by atoms with van der Waals surface area (Å²) in [6, 6.07) is 4.63. The summed E-state index contributed by atoms with van der Waals surface area (Å²) in [7, 11) is 1.89. The molecule has 1 fully saturated rings. The number of hydrogen-bond acceptors (Lipinski definition) is 4. The number of nitro benzene ring substituents is 1. The molecule has 2 rings (SSSR count). The van der Waals surface area contributed by atoms with Crippen LogP contribution in [0.1, 0.15) is 25.7 Å². The Labute approximate surface area is 117 Å². The Hall–Kier alpha value is -1.33. The maximum atomic E-state index is 11.0. The molecule has 1 saturated carbocycles. The lowest BCUT2D eigenvalue weighted by molar-refractivity contribution is -0.386. The standard InChI is InChI=1S/C13H17ClN2O3/c1-15-10-4-2-3-5-12(10)19-13-8-9(14)6-7-11(13)16(17)18/h6-8,10,12,15H,2-5H2,1H3. The number of halogens is 1. The fourth-order valence-electron chi connectivity index (χ4n) is 2.46. The highest BCUT2D eigenvalue weighted by molar-refractivity contribution is 6.30. The molecule has 0 saturated heterocycles. The Balaban J connectivity index is 2.21. The number of nitrogens with one attached hydrogen (secondary N) is 1. The van der Waals surface area contributed by atoms with Gasteiger partial charge in [-0.1, -0.05) is 18.0 Å². The predicted octanol–water partition coefficient (Wildman–Crippen LogP) is 3.16. The second kappa shape index (κ2) is 6.21. The SMILES string of the molecule is CNC1CCCCC1Oc1cc(Cl)ccc1[N+](=O)[O-]. The highest BCUT2D eigenvalue weighted by atomic mass is 35.5. The van der Waals surface area contributed by atoms with Crippen molar-refractivity contribution in [2.24, 2.45) is 0 Å². The molecule has 0 heterocycles. The predicted molar refractivity (Wildman–Crippen MR) is 73.8 cm³/mol. The second-order valence-electron chi connectivity index (χ2n) is 4.71. The number of nitrogens with zero attached hydrogens (tertiary/aromatic N) is 1. The molecule has 0 bridgehead atoms. The van der Waals surface area contributed by atoms with E-state index in [1.54, 1.807) is 0 Å². The molecule has 1 N–H and O–H groups in total. The van der Waals surface area contributed by atoms with Crippen molar-refractivity contribution in [1.82, 2.24) is 5.32 Å². The van der Waals surface area contributed by atoms with Gasteiger partial charge in [0.2, 0.25) is 0 Å². The van der Waals surface area contributed by atoms with Crippen molar-refractivity contribution in [3.8, 4) is 5.75 Å².